The molecule has 0 saturated carbocycles. The number of hydrogen-bond donors (Lipinski definition) is 0. The Kier molecular flexibility index (Phi) is 2.81. The molecule has 4 rings (SSSR count). The van der Waals surface area contributed by atoms with E-state index >= 15 is 0 Å². The fourth-order valence-corrected chi connectivity index (χ4v) is 4.56. The van der Waals surface area contributed by atoms with Crippen LogP contribution in [0.4, 0.5) is 0 Å². The van der Waals surface area contributed by atoms with Gasteiger partial charge in [0.05, 0.1) is 0 Å². The van der Waals surface area contributed by atoms with Gasteiger partial charge in [0.15, 0.2) is 0 Å². The van der Waals surface area contributed by atoms with Gasteiger partial charge in [0.1, 0.15) is 0 Å². The third kappa shape index (κ3) is 1.78. The molecule has 2 fully saturated rings. The molecule has 4 heterocycles. The van der Waals surface area contributed by atoms with Crippen molar-refractivity contribution < 1.29 is 0 Å². The fourth-order valence-electron chi connectivity index (χ4n) is 4.56. The molecule has 4 atom stereocenters. The highest BCUT2D eigenvalue weighted by molar-refractivity contribution is 5.10. The lowest BCUT2D eigenvalue weighted by molar-refractivity contribution is 0.142. The number of fused-ring (bicyclic) bond motifs is 4. The van der Waals surface area contributed by atoms with E-state index in [1.807, 2.05) is 0 Å². The van der Waals surface area contributed by atoms with Crippen LogP contribution in [0.2, 0.25) is 0 Å². The van der Waals surface area contributed by atoms with Gasteiger partial charge in [-0.05, 0) is 38.5 Å². The summed E-state index contributed by atoms with van der Waals surface area (Å²) in [5.41, 5.74) is 0. The quantitative estimate of drug-likeness (QED) is 0.704. The van der Waals surface area contributed by atoms with Gasteiger partial charge in [-0.1, -0.05) is 24.3 Å². The summed E-state index contributed by atoms with van der Waals surface area (Å²) in [6, 6.07) is 3.25. The summed E-state index contributed by atoms with van der Waals surface area (Å²) in [6.45, 7) is 2.58. The molecule has 2 nitrogen and oxygen atoms in total. The molecule has 4 aliphatic rings. The zero-order chi connectivity index (χ0) is 11.9. The Hall–Kier alpha value is -0.600. The lowest BCUT2D eigenvalue weighted by Crippen LogP contribution is -2.46. The molecule has 0 spiro atoms. The molecule has 0 aromatic heterocycles. The zero-order valence-electron chi connectivity index (χ0n) is 11.2. The van der Waals surface area contributed by atoms with Gasteiger partial charge in [0.2, 0.25) is 0 Å². The molecule has 2 heteroatoms. The van der Waals surface area contributed by atoms with E-state index in [4.69, 9.17) is 0 Å². The largest absolute Gasteiger partial charge is 0.292 e. The van der Waals surface area contributed by atoms with Gasteiger partial charge in [-0.25, -0.2) is 0 Å². The zero-order valence-corrected chi connectivity index (χ0v) is 11.2. The molecular formula is C16H24N2. The monoisotopic (exact) mass is 244 g/mol. The van der Waals surface area contributed by atoms with Crippen LogP contribution in [-0.4, -0.2) is 47.1 Å². The van der Waals surface area contributed by atoms with Crippen LogP contribution in [0.1, 0.15) is 38.5 Å². The third-order valence-electron chi connectivity index (χ3n) is 5.53. The molecule has 98 valence electrons. The highest BCUT2D eigenvalue weighted by Crippen LogP contribution is 2.34. The summed E-state index contributed by atoms with van der Waals surface area (Å²) in [6.07, 6.45) is 17.9. The van der Waals surface area contributed by atoms with E-state index in [0.29, 0.717) is 0 Å². The highest BCUT2D eigenvalue weighted by Gasteiger charge is 2.37. The van der Waals surface area contributed by atoms with E-state index in [2.05, 4.69) is 34.1 Å². The van der Waals surface area contributed by atoms with Gasteiger partial charge in [-0.3, -0.25) is 9.80 Å². The molecule has 4 aliphatic heterocycles. The van der Waals surface area contributed by atoms with Crippen molar-refractivity contribution in [1.82, 2.24) is 9.80 Å². The van der Waals surface area contributed by atoms with Crippen molar-refractivity contribution in [2.24, 2.45) is 0 Å². The SMILES string of the molecule is C1=C[C@@H]2CC[C@H](C1)N2CCN1[C@H]2CC=C[C@H]1CC2. The second-order valence-corrected chi connectivity index (χ2v) is 6.40. The Morgan fingerprint density at radius 1 is 0.722 bits per heavy atom. The van der Waals surface area contributed by atoms with Gasteiger partial charge in [-0.15, -0.1) is 0 Å². The molecule has 0 aliphatic carbocycles. The van der Waals surface area contributed by atoms with Crippen LogP contribution >= 0.6 is 0 Å². The Balaban J connectivity index is 1.39. The van der Waals surface area contributed by atoms with E-state index in [1.54, 1.807) is 0 Å². The van der Waals surface area contributed by atoms with Crippen molar-refractivity contribution in [1.29, 1.82) is 0 Å². The summed E-state index contributed by atoms with van der Waals surface area (Å²) >= 11 is 0. The van der Waals surface area contributed by atoms with Gasteiger partial charge < -0.3 is 0 Å². The molecule has 0 unspecified atom stereocenters. The maximum atomic E-state index is 2.78. The molecule has 0 N–H and O–H groups in total. The smallest absolute Gasteiger partial charge is 0.0282 e. The van der Waals surface area contributed by atoms with Crippen LogP contribution in [0.15, 0.2) is 24.3 Å². The van der Waals surface area contributed by atoms with Crippen molar-refractivity contribution in [2.75, 3.05) is 13.1 Å². The lowest BCUT2D eigenvalue weighted by atomic mass is 10.1. The standard InChI is InChI=1S/C16H24N2/c1-3-13-7-8-14(4-1)17(13)11-12-18-15-5-2-6-16(18)10-9-15/h1-3,5,13-16H,4,6-12H2/t13-,14-,15+,16-/m0/s1. The van der Waals surface area contributed by atoms with Crippen molar-refractivity contribution in [2.45, 2.75) is 62.7 Å². The predicted molar refractivity (Wildman–Crippen MR) is 74.5 cm³/mol. The first-order valence-electron chi connectivity index (χ1n) is 7.76. The summed E-state index contributed by atoms with van der Waals surface area (Å²) in [5.74, 6) is 0. The molecule has 18 heavy (non-hydrogen) atoms. The van der Waals surface area contributed by atoms with Crippen molar-refractivity contribution in [3.05, 3.63) is 24.3 Å². The number of rotatable bonds is 3. The fraction of sp³-hybridized carbons (Fsp3) is 0.750. The summed E-state index contributed by atoms with van der Waals surface area (Å²) in [5, 5.41) is 0. The van der Waals surface area contributed by atoms with Crippen LogP contribution in [0.5, 0.6) is 0 Å². The van der Waals surface area contributed by atoms with Crippen molar-refractivity contribution >= 4 is 0 Å². The Morgan fingerprint density at radius 3 is 1.67 bits per heavy atom. The number of nitrogens with zero attached hydrogens (tertiary/aromatic N) is 2. The molecular weight excluding hydrogens is 220 g/mol. The van der Waals surface area contributed by atoms with E-state index in [0.717, 1.165) is 24.2 Å². The molecule has 0 aromatic rings. The van der Waals surface area contributed by atoms with Crippen molar-refractivity contribution in [3.63, 3.8) is 0 Å². The maximum absolute atomic E-state index is 2.78. The Bertz CT molecular complexity index is 337. The third-order valence-corrected chi connectivity index (χ3v) is 5.53. The summed E-state index contributed by atoms with van der Waals surface area (Å²) in [7, 11) is 0. The maximum Gasteiger partial charge on any atom is 0.0282 e. The average Bonchev–Trinajstić information content (AvgIpc) is 2.74. The van der Waals surface area contributed by atoms with Crippen LogP contribution in [-0.2, 0) is 0 Å². The summed E-state index contributed by atoms with van der Waals surface area (Å²) in [4.78, 5) is 5.55. The predicted octanol–water partition coefficient (Wildman–Crippen LogP) is 2.57. The highest BCUT2D eigenvalue weighted by atomic mass is 15.3. The Morgan fingerprint density at radius 2 is 1.22 bits per heavy atom. The first-order valence-corrected chi connectivity index (χ1v) is 7.76. The second-order valence-electron chi connectivity index (χ2n) is 6.40. The van der Waals surface area contributed by atoms with Gasteiger partial charge in [0.25, 0.3) is 0 Å². The number of hydrogen-bond acceptors (Lipinski definition) is 2. The van der Waals surface area contributed by atoms with Gasteiger partial charge in [0, 0.05) is 37.3 Å². The molecule has 0 aromatic carbocycles. The lowest BCUT2D eigenvalue weighted by Gasteiger charge is -2.36. The first kappa shape index (κ1) is 11.2. The second kappa shape index (κ2) is 4.50. The van der Waals surface area contributed by atoms with Crippen LogP contribution in [0.25, 0.3) is 0 Å². The van der Waals surface area contributed by atoms with Crippen molar-refractivity contribution in [3.8, 4) is 0 Å². The summed E-state index contributed by atoms with van der Waals surface area (Å²) < 4.78 is 0. The van der Waals surface area contributed by atoms with Gasteiger partial charge in [-0.2, -0.15) is 0 Å². The minimum absolute atomic E-state index is 0.765. The molecule has 0 amide bonds. The first-order chi connectivity index (χ1) is 8.92. The normalized spacial score (nSPS) is 42.9. The molecule has 4 bridgehead atoms. The molecule has 2 saturated heterocycles. The Labute approximate surface area is 110 Å². The van der Waals surface area contributed by atoms with Crippen LogP contribution in [0, 0.1) is 0 Å². The van der Waals surface area contributed by atoms with E-state index in [9.17, 15) is 0 Å². The average molecular weight is 244 g/mol. The van der Waals surface area contributed by atoms with E-state index in [-0.39, 0.29) is 0 Å². The van der Waals surface area contributed by atoms with E-state index in [1.165, 1.54) is 51.6 Å². The minimum Gasteiger partial charge on any atom is -0.292 e. The van der Waals surface area contributed by atoms with E-state index < -0.39 is 0 Å². The van der Waals surface area contributed by atoms with Crippen LogP contribution < -0.4 is 0 Å². The van der Waals surface area contributed by atoms with Gasteiger partial charge >= 0.3 is 0 Å². The van der Waals surface area contributed by atoms with Crippen LogP contribution in [0.3, 0.4) is 0 Å². The molecule has 0 radical (unpaired) electrons. The minimum atomic E-state index is 0.765. The topological polar surface area (TPSA) is 6.48 Å².